The van der Waals surface area contributed by atoms with Crippen molar-refractivity contribution in [1.29, 1.82) is 0 Å². The SMILES string of the molecule is O=c1cc(CCO)[nH][nH]c1=O.[W].c1ccc(CCN2CC[N-]CC2)cc1. The average Bonchev–Trinajstić information content (AvgIpc) is 2.66. The summed E-state index contributed by atoms with van der Waals surface area (Å²) < 4.78 is 0. The van der Waals surface area contributed by atoms with E-state index in [0.29, 0.717) is 12.1 Å². The van der Waals surface area contributed by atoms with Crippen LogP contribution in [0.25, 0.3) is 5.32 Å². The van der Waals surface area contributed by atoms with Crippen LogP contribution in [-0.2, 0) is 33.9 Å². The predicted octanol–water partition coefficient (Wildman–Crippen LogP) is 0.514. The molecule has 0 spiro atoms. The summed E-state index contributed by atoms with van der Waals surface area (Å²) in [5.41, 5.74) is 0.700. The molecule has 7 nitrogen and oxygen atoms in total. The van der Waals surface area contributed by atoms with Gasteiger partial charge in [0.1, 0.15) is 0 Å². The van der Waals surface area contributed by atoms with Crippen molar-refractivity contribution in [2.45, 2.75) is 12.8 Å². The molecule has 8 heteroatoms. The number of benzene rings is 1. The third-order valence-electron chi connectivity index (χ3n) is 3.96. The number of nitrogens with one attached hydrogen (secondary N) is 2. The van der Waals surface area contributed by atoms with Crippen LogP contribution in [0.5, 0.6) is 0 Å². The van der Waals surface area contributed by atoms with E-state index in [1.54, 1.807) is 0 Å². The van der Waals surface area contributed by atoms with E-state index in [9.17, 15) is 9.59 Å². The molecule has 1 aliphatic heterocycles. The van der Waals surface area contributed by atoms with Gasteiger partial charge in [-0.1, -0.05) is 30.3 Å². The standard InChI is InChI=1S/C12H17N2.C6H8N2O3.W/c1-2-4-12(5-3-1)6-9-14-10-7-13-8-11-14;9-2-1-4-3-5(10)6(11)8-7-4;/h1-5H,6-11H2;3,9H,1-2H2,(H,7,10)(H,8,11);/q-1;;. The summed E-state index contributed by atoms with van der Waals surface area (Å²) in [4.78, 5) is 23.7. The van der Waals surface area contributed by atoms with E-state index in [0.717, 1.165) is 26.2 Å². The maximum Gasteiger partial charge on any atom is 0.310 e. The van der Waals surface area contributed by atoms with Gasteiger partial charge in [0.05, 0.1) is 0 Å². The van der Waals surface area contributed by atoms with Gasteiger partial charge in [-0.05, 0) is 25.1 Å². The van der Waals surface area contributed by atoms with Gasteiger partial charge < -0.3 is 20.4 Å². The molecule has 0 atom stereocenters. The first-order valence-corrected chi connectivity index (χ1v) is 8.50. The molecule has 1 aromatic heterocycles. The summed E-state index contributed by atoms with van der Waals surface area (Å²) in [6, 6.07) is 11.9. The van der Waals surface area contributed by atoms with Crippen LogP contribution in [-0.4, -0.2) is 59.5 Å². The second-order valence-corrected chi connectivity index (χ2v) is 5.83. The maximum atomic E-state index is 10.7. The third-order valence-corrected chi connectivity index (χ3v) is 3.96. The fourth-order valence-electron chi connectivity index (χ4n) is 2.52. The topological polar surface area (TPSA) is 103 Å². The summed E-state index contributed by atoms with van der Waals surface area (Å²) >= 11 is 0. The Kier molecular flexibility index (Phi) is 11.0. The molecule has 1 saturated heterocycles. The Morgan fingerprint density at radius 3 is 2.35 bits per heavy atom. The molecule has 0 radical (unpaired) electrons. The van der Waals surface area contributed by atoms with Gasteiger partial charge >= 0.3 is 5.56 Å². The molecule has 3 rings (SSSR count). The zero-order valence-electron chi connectivity index (χ0n) is 14.7. The number of H-pyrrole nitrogens is 2. The normalized spacial score (nSPS) is 14.0. The van der Waals surface area contributed by atoms with Crippen LogP contribution in [0.2, 0.25) is 0 Å². The Hall–Kier alpha value is -1.53. The Balaban J connectivity index is 0.000000258. The van der Waals surface area contributed by atoms with Crippen molar-refractivity contribution in [1.82, 2.24) is 15.1 Å². The minimum atomic E-state index is -0.674. The van der Waals surface area contributed by atoms with Gasteiger partial charge in [0.15, 0.2) is 0 Å². The van der Waals surface area contributed by atoms with Crippen LogP contribution in [0.3, 0.4) is 0 Å². The predicted molar refractivity (Wildman–Crippen MR) is 98.2 cm³/mol. The maximum absolute atomic E-state index is 10.7. The van der Waals surface area contributed by atoms with Crippen molar-refractivity contribution in [3.63, 3.8) is 0 Å². The van der Waals surface area contributed by atoms with E-state index >= 15 is 0 Å². The van der Waals surface area contributed by atoms with E-state index < -0.39 is 11.0 Å². The van der Waals surface area contributed by atoms with Gasteiger partial charge in [0.2, 0.25) is 5.43 Å². The molecule has 0 aliphatic carbocycles. The Morgan fingerprint density at radius 1 is 1.04 bits per heavy atom. The molecular formula is C18H25N4O3W-. The summed E-state index contributed by atoms with van der Waals surface area (Å²) in [7, 11) is 0. The quantitative estimate of drug-likeness (QED) is 0.492. The first-order valence-electron chi connectivity index (χ1n) is 8.50. The summed E-state index contributed by atoms with van der Waals surface area (Å²) in [5, 5.41) is 17.4. The summed E-state index contributed by atoms with van der Waals surface area (Å²) in [6.45, 7) is 5.46. The molecule has 0 saturated carbocycles. The van der Waals surface area contributed by atoms with E-state index in [2.05, 4.69) is 50.7 Å². The number of aliphatic hydroxyl groups excluding tert-OH is 1. The fraction of sp³-hybridized carbons (Fsp3) is 0.444. The van der Waals surface area contributed by atoms with Gasteiger partial charge in [-0.25, -0.2) is 0 Å². The van der Waals surface area contributed by atoms with Crippen LogP contribution in [0.4, 0.5) is 0 Å². The number of aliphatic hydroxyl groups is 1. The van der Waals surface area contributed by atoms with Crippen molar-refractivity contribution < 1.29 is 26.2 Å². The van der Waals surface area contributed by atoms with Crippen LogP contribution in [0.1, 0.15) is 11.3 Å². The first-order chi connectivity index (χ1) is 12.2. The fourth-order valence-corrected chi connectivity index (χ4v) is 2.52. The zero-order chi connectivity index (χ0) is 17.9. The van der Waals surface area contributed by atoms with Gasteiger partial charge in [0, 0.05) is 52.4 Å². The van der Waals surface area contributed by atoms with E-state index in [-0.39, 0.29) is 27.7 Å². The number of aromatic nitrogens is 2. The number of rotatable bonds is 5. The van der Waals surface area contributed by atoms with E-state index in [1.807, 2.05) is 0 Å². The molecule has 0 bridgehead atoms. The molecule has 2 aromatic rings. The van der Waals surface area contributed by atoms with Crippen molar-refractivity contribution in [3.05, 3.63) is 73.5 Å². The number of piperazine rings is 1. The van der Waals surface area contributed by atoms with E-state index in [1.165, 1.54) is 24.6 Å². The number of nitrogens with zero attached hydrogens (tertiary/aromatic N) is 2. The van der Waals surface area contributed by atoms with Gasteiger partial charge in [-0.15, -0.1) is 13.1 Å². The molecule has 1 fully saturated rings. The molecule has 1 aromatic carbocycles. The minimum absolute atomic E-state index is 0. The first kappa shape index (κ1) is 22.5. The second-order valence-electron chi connectivity index (χ2n) is 5.83. The smallest absolute Gasteiger partial charge is 0.310 e. The van der Waals surface area contributed by atoms with Gasteiger partial charge in [-0.3, -0.25) is 14.7 Å². The molecule has 1 aliphatic rings. The van der Waals surface area contributed by atoms with Crippen molar-refractivity contribution >= 4 is 0 Å². The van der Waals surface area contributed by atoms with Crippen molar-refractivity contribution in [2.24, 2.45) is 0 Å². The van der Waals surface area contributed by atoms with Crippen molar-refractivity contribution in [2.75, 3.05) is 39.3 Å². The largest absolute Gasteiger partial charge is 0.660 e. The van der Waals surface area contributed by atoms with Crippen LogP contribution in [0.15, 0.2) is 46.0 Å². The van der Waals surface area contributed by atoms with Crippen molar-refractivity contribution in [3.8, 4) is 0 Å². The minimum Gasteiger partial charge on any atom is -0.660 e. The second kappa shape index (κ2) is 12.8. The number of aromatic amines is 2. The number of hydrogen-bond donors (Lipinski definition) is 3. The molecule has 2 heterocycles. The molecule has 0 amide bonds. The Bertz CT molecular complexity index is 727. The Labute approximate surface area is 167 Å². The monoisotopic (exact) mass is 529 g/mol. The molecular weight excluding hydrogens is 504 g/mol. The molecule has 142 valence electrons. The van der Waals surface area contributed by atoms with Gasteiger partial charge in [-0.2, -0.15) is 0 Å². The molecule has 0 unspecified atom stereocenters. The summed E-state index contributed by atoms with van der Waals surface area (Å²) in [5.74, 6) is 0. The van der Waals surface area contributed by atoms with Crippen LogP contribution >= 0.6 is 0 Å². The van der Waals surface area contributed by atoms with Gasteiger partial charge in [0.25, 0.3) is 0 Å². The average molecular weight is 529 g/mol. The van der Waals surface area contributed by atoms with Crippen LogP contribution in [0, 0.1) is 0 Å². The third kappa shape index (κ3) is 8.23. The summed E-state index contributed by atoms with van der Waals surface area (Å²) in [6.07, 6.45) is 1.51. The van der Waals surface area contributed by atoms with E-state index in [4.69, 9.17) is 5.11 Å². The Morgan fingerprint density at radius 2 is 1.73 bits per heavy atom. The zero-order valence-corrected chi connectivity index (χ0v) is 17.6. The molecule has 26 heavy (non-hydrogen) atoms. The van der Waals surface area contributed by atoms with Crippen LogP contribution < -0.4 is 11.0 Å². The number of hydrogen-bond acceptors (Lipinski definition) is 4. The molecule has 3 N–H and O–H groups in total.